The van der Waals surface area contributed by atoms with Crippen LogP contribution >= 0.6 is 0 Å². The third-order valence-corrected chi connectivity index (χ3v) is 5.79. The summed E-state index contributed by atoms with van der Waals surface area (Å²) in [5, 5.41) is 3.90. The van der Waals surface area contributed by atoms with Gasteiger partial charge in [0.1, 0.15) is 0 Å². The van der Waals surface area contributed by atoms with Crippen LogP contribution < -0.4 is 5.32 Å². The van der Waals surface area contributed by atoms with Crippen molar-refractivity contribution in [1.82, 2.24) is 10.2 Å². The highest BCUT2D eigenvalue weighted by atomic mass is 16.5. The van der Waals surface area contributed by atoms with Crippen molar-refractivity contribution < 1.29 is 4.74 Å². The topological polar surface area (TPSA) is 24.5 Å². The molecule has 1 heterocycles. The molecule has 1 aliphatic heterocycles. The number of likely N-dealkylation sites (N-methyl/N-ethyl adjacent to an activating group) is 1. The molecule has 4 unspecified atom stereocenters. The lowest BCUT2D eigenvalue weighted by Gasteiger charge is -2.46. The van der Waals surface area contributed by atoms with E-state index in [0.29, 0.717) is 23.6 Å². The fraction of sp³-hybridized carbons (Fsp3) is 1.00. The van der Waals surface area contributed by atoms with Gasteiger partial charge in [-0.1, -0.05) is 33.6 Å². The molecule has 1 aliphatic carbocycles. The molecule has 0 radical (unpaired) electrons. The molecule has 3 nitrogen and oxygen atoms in total. The fourth-order valence-corrected chi connectivity index (χ4v) is 4.17. The van der Waals surface area contributed by atoms with E-state index in [4.69, 9.17) is 4.74 Å². The molecule has 0 amide bonds. The largest absolute Gasteiger partial charge is 0.378 e. The second-order valence-electron chi connectivity index (χ2n) is 8.08. The maximum Gasteiger partial charge on any atom is 0.0612 e. The smallest absolute Gasteiger partial charge is 0.0612 e. The summed E-state index contributed by atoms with van der Waals surface area (Å²) < 4.78 is 5.90. The van der Waals surface area contributed by atoms with Gasteiger partial charge < -0.3 is 15.0 Å². The van der Waals surface area contributed by atoms with Gasteiger partial charge in [-0.05, 0) is 51.6 Å². The van der Waals surface area contributed by atoms with Gasteiger partial charge in [0.15, 0.2) is 0 Å². The lowest BCUT2D eigenvalue weighted by molar-refractivity contribution is -0.0278. The van der Waals surface area contributed by atoms with E-state index in [1.54, 1.807) is 0 Å². The Hall–Kier alpha value is -0.120. The lowest BCUT2D eigenvalue weighted by atomic mass is 9.75. The molecule has 4 atom stereocenters. The van der Waals surface area contributed by atoms with Gasteiger partial charge in [-0.15, -0.1) is 0 Å². The van der Waals surface area contributed by atoms with Gasteiger partial charge >= 0.3 is 0 Å². The van der Waals surface area contributed by atoms with E-state index in [9.17, 15) is 0 Å². The Balaban J connectivity index is 1.90. The van der Waals surface area contributed by atoms with Crippen molar-refractivity contribution in [2.24, 2.45) is 11.8 Å². The zero-order chi connectivity index (χ0) is 15.5. The summed E-state index contributed by atoms with van der Waals surface area (Å²) in [7, 11) is 4.53. The first-order chi connectivity index (χ1) is 9.93. The van der Waals surface area contributed by atoms with Gasteiger partial charge in [-0.25, -0.2) is 0 Å². The Morgan fingerprint density at radius 1 is 1.29 bits per heavy atom. The van der Waals surface area contributed by atoms with Gasteiger partial charge in [0.2, 0.25) is 0 Å². The van der Waals surface area contributed by atoms with Crippen molar-refractivity contribution in [3.8, 4) is 0 Å². The molecular formula is C18H36N2O. The second kappa shape index (κ2) is 7.43. The molecule has 0 bridgehead atoms. The first kappa shape index (κ1) is 17.2. The standard InChI is InChI=1S/C18H36N2O/c1-14(2)17-11-16(8-10-21-17)19-13-18(20(4)5)9-6-7-15(3)12-18/h14-17,19H,6-13H2,1-5H3. The van der Waals surface area contributed by atoms with Gasteiger partial charge in [0, 0.05) is 24.7 Å². The molecule has 124 valence electrons. The summed E-state index contributed by atoms with van der Waals surface area (Å²) in [6, 6.07) is 0.639. The van der Waals surface area contributed by atoms with Crippen LogP contribution in [0.3, 0.4) is 0 Å². The Bertz CT molecular complexity index is 318. The second-order valence-corrected chi connectivity index (χ2v) is 8.08. The Labute approximate surface area is 131 Å². The molecule has 2 rings (SSSR count). The van der Waals surface area contributed by atoms with Crippen molar-refractivity contribution in [3.05, 3.63) is 0 Å². The van der Waals surface area contributed by atoms with Crippen LogP contribution in [0.4, 0.5) is 0 Å². The van der Waals surface area contributed by atoms with Crippen molar-refractivity contribution in [3.63, 3.8) is 0 Å². The van der Waals surface area contributed by atoms with E-state index < -0.39 is 0 Å². The van der Waals surface area contributed by atoms with E-state index in [-0.39, 0.29) is 0 Å². The summed E-state index contributed by atoms with van der Waals surface area (Å²) in [5.74, 6) is 1.49. The zero-order valence-electron chi connectivity index (χ0n) is 14.8. The van der Waals surface area contributed by atoms with Crippen LogP contribution in [0.15, 0.2) is 0 Å². The molecular weight excluding hydrogens is 260 g/mol. The molecule has 2 fully saturated rings. The van der Waals surface area contributed by atoms with Gasteiger partial charge in [-0.3, -0.25) is 0 Å². The minimum absolute atomic E-state index is 0.364. The van der Waals surface area contributed by atoms with E-state index >= 15 is 0 Å². The number of rotatable bonds is 5. The Morgan fingerprint density at radius 2 is 2.05 bits per heavy atom. The predicted molar refractivity (Wildman–Crippen MR) is 89.7 cm³/mol. The minimum Gasteiger partial charge on any atom is -0.378 e. The Morgan fingerprint density at radius 3 is 2.67 bits per heavy atom. The average Bonchev–Trinajstić information content (AvgIpc) is 2.45. The maximum absolute atomic E-state index is 5.90. The highest BCUT2D eigenvalue weighted by Gasteiger charge is 2.37. The highest BCUT2D eigenvalue weighted by Crippen LogP contribution is 2.35. The van der Waals surface area contributed by atoms with Gasteiger partial charge in [0.25, 0.3) is 0 Å². The molecule has 0 aromatic heterocycles. The molecule has 0 aromatic rings. The van der Waals surface area contributed by atoms with Gasteiger partial charge in [-0.2, -0.15) is 0 Å². The summed E-state index contributed by atoms with van der Waals surface area (Å²) >= 11 is 0. The normalized spacial score (nSPS) is 38.1. The minimum atomic E-state index is 0.364. The molecule has 21 heavy (non-hydrogen) atoms. The third-order valence-electron chi connectivity index (χ3n) is 5.79. The summed E-state index contributed by atoms with van der Waals surface area (Å²) in [5.41, 5.74) is 0.364. The quantitative estimate of drug-likeness (QED) is 0.842. The van der Waals surface area contributed by atoms with Crippen LogP contribution in [-0.4, -0.2) is 49.8 Å². The highest BCUT2D eigenvalue weighted by molar-refractivity contribution is 4.95. The van der Waals surface area contributed by atoms with Crippen LogP contribution in [0.1, 0.15) is 59.3 Å². The first-order valence-electron chi connectivity index (χ1n) is 8.95. The SMILES string of the molecule is CC1CCCC(CNC2CCOC(C(C)C)C2)(N(C)C)C1. The van der Waals surface area contributed by atoms with Crippen LogP contribution in [0.2, 0.25) is 0 Å². The zero-order valence-corrected chi connectivity index (χ0v) is 14.8. The van der Waals surface area contributed by atoms with E-state index in [1.807, 2.05) is 0 Å². The monoisotopic (exact) mass is 296 g/mol. The van der Waals surface area contributed by atoms with E-state index in [0.717, 1.165) is 19.1 Å². The van der Waals surface area contributed by atoms with E-state index in [2.05, 4.69) is 45.1 Å². The fourth-order valence-electron chi connectivity index (χ4n) is 4.17. The molecule has 0 aromatic carbocycles. The summed E-state index contributed by atoms with van der Waals surface area (Å²) in [6.45, 7) is 9.03. The number of nitrogens with one attached hydrogen (secondary N) is 1. The lowest BCUT2D eigenvalue weighted by Crippen LogP contribution is -2.56. The van der Waals surface area contributed by atoms with E-state index in [1.165, 1.54) is 38.5 Å². The van der Waals surface area contributed by atoms with Crippen molar-refractivity contribution >= 4 is 0 Å². The van der Waals surface area contributed by atoms with Crippen molar-refractivity contribution in [2.45, 2.75) is 77.0 Å². The molecule has 1 saturated heterocycles. The van der Waals surface area contributed by atoms with Crippen LogP contribution in [0.25, 0.3) is 0 Å². The van der Waals surface area contributed by atoms with Crippen molar-refractivity contribution in [1.29, 1.82) is 0 Å². The average molecular weight is 296 g/mol. The third kappa shape index (κ3) is 4.43. The van der Waals surface area contributed by atoms with Crippen LogP contribution in [-0.2, 0) is 4.74 Å². The first-order valence-corrected chi connectivity index (χ1v) is 8.95. The van der Waals surface area contributed by atoms with Crippen LogP contribution in [0, 0.1) is 11.8 Å². The summed E-state index contributed by atoms with van der Waals surface area (Å²) in [6.07, 6.45) is 8.25. The molecule has 0 spiro atoms. The predicted octanol–water partition coefficient (Wildman–Crippen LogP) is 3.29. The molecule has 1 N–H and O–H groups in total. The summed E-state index contributed by atoms with van der Waals surface area (Å²) in [4.78, 5) is 2.48. The number of hydrogen-bond acceptors (Lipinski definition) is 3. The van der Waals surface area contributed by atoms with Gasteiger partial charge in [0.05, 0.1) is 6.10 Å². The maximum atomic E-state index is 5.90. The Kier molecular flexibility index (Phi) is 6.10. The number of hydrogen-bond donors (Lipinski definition) is 1. The molecule has 1 saturated carbocycles. The molecule has 2 aliphatic rings. The number of nitrogens with zero attached hydrogens (tertiary/aromatic N) is 1. The molecule has 3 heteroatoms. The van der Waals surface area contributed by atoms with Crippen molar-refractivity contribution in [2.75, 3.05) is 27.2 Å². The number of ether oxygens (including phenoxy) is 1. The van der Waals surface area contributed by atoms with Crippen LogP contribution in [0.5, 0.6) is 0 Å².